The summed E-state index contributed by atoms with van der Waals surface area (Å²) in [6.07, 6.45) is 1.27. The molecule has 1 N–H and O–H groups in total. The van der Waals surface area contributed by atoms with E-state index in [9.17, 15) is 23.2 Å². The first kappa shape index (κ1) is 18.8. The number of anilines is 1. The van der Waals surface area contributed by atoms with Crippen molar-refractivity contribution in [3.63, 3.8) is 0 Å². The molecule has 1 amide bonds. The minimum absolute atomic E-state index is 0.109. The zero-order valence-corrected chi connectivity index (χ0v) is 14.4. The average Bonchev–Trinajstić information content (AvgIpc) is 2.65. The van der Waals surface area contributed by atoms with Crippen molar-refractivity contribution in [1.82, 2.24) is 4.98 Å². The quantitative estimate of drug-likeness (QED) is 0.457. The van der Waals surface area contributed by atoms with E-state index in [1.165, 1.54) is 36.5 Å². The lowest BCUT2D eigenvalue weighted by atomic mass is 10.1. The number of rotatable bonds is 6. The van der Waals surface area contributed by atoms with Gasteiger partial charge in [-0.15, -0.1) is 0 Å². The predicted octanol–water partition coefficient (Wildman–Crippen LogP) is 2.77. The molecule has 0 unspecified atom stereocenters. The lowest BCUT2D eigenvalue weighted by molar-refractivity contribution is -0.118. The largest absolute Gasteiger partial charge is 0.482 e. The number of nitrogens with zero attached hydrogens (tertiary/aromatic N) is 1. The second kappa shape index (κ2) is 8.12. The summed E-state index contributed by atoms with van der Waals surface area (Å²) in [6.45, 7) is -0.706. The third kappa shape index (κ3) is 4.59. The van der Waals surface area contributed by atoms with Gasteiger partial charge in [0.15, 0.2) is 19.0 Å². The van der Waals surface area contributed by atoms with E-state index in [1.807, 2.05) is 0 Å². The van der Waals surface area contributed by atoms with Crippen molar-refractivity contribution in [2.75, 3.05) is 18.5 Å². The summed E-state index contributed by atoms with van der Waals surface area (Å²) in [4.78, 5) is 39.4. The third-order valence-corrected chi connectivity index (χ3v) is 4.19. The number of thioether (sulfide) groups is 1. The Morgan fingerprint density at radius 2 is 2.15 bits per heavy atom. The van der Waals surface area contributed by atoms with Crippen LogP contribution in [-0.4, -0.2) is 41.6 Å². The van der Waals surface area contributed by atoms with Gasteiger partial charge in [0.05, 0.1) is 11.3 Å². The van der Waals surface area contributed by atoms with Gasteiger partial charge in [0.2, 0.25) is 0 Å². The Hall–Kier alpha value is -3.01. The molecule has 140 valence electrons. The van der Waals surface area contributed by atoms with Gasteiger partial charge in [-0.25, -0.2) is 9.78 Å². The van der Waals surface area contributed by atoms with E-state index in [2.05, 4.69) is 10.3 Å². The molecule has 3 rings (SSSR count). The molecule has 0 aliphatic carbocycles. The van der Waals surface area contributed by atoms with Crippen molar-refractivity contribution < 1.29 is 32.6 Å². The van der Waals surface area contributed by atoms with Crippen LogP contribution in [0.15, 0.2) is 41.6 Å². The van der Waals surface area contributed by atoms with Crippen molar-refractivity contribution in [3.8, 4) is 5.75 Å². The number of carbonyl (C=O) groups excluding carboxylic acids is 3. The van der Waals surface area contributed by atoms with Gasteiger partial charge in [-0.2, -0.15) is 8.78 Å². The summed E-state index contributed by atoms with van der Waals surface area (Å²) in [7, 11) is 0. The number of amides is 1. The maximum Gasteiger partial charge on any atom is 0.341 e. The average molecular weight is 394 g/mol. The fourth-order valence-electron chi connectivity index (χ4n) is 2.27. The van der Waals surface area contributed by atoms with Crippen LogP contribution in [0.25, 0.3) is 0 Å². The number of alkyl halides is 2. The molecule has 0 radical (unpaired) electrons. The number of pyridine rings is 1. The van der Waals surface area contributed by atoms with Gasteiger partial charge in [0.1, 0.15) is 10.8 Å². The Morgan fingerprint density at radius 1 is 1.33 bits per heavy atom. The number of ether oxygens (including phenoxy) is 2. The van der Waals surface area contributed by atoms with Gasteiger partial charge >= 0.3 is 5.97 Å². The smallest absolute Gasteiger partial charge is 0.341 e. The van der Waals surface area contributed by atoms with E-state index >= 15 is 0 Å². The standard InChI is InChI=1S/C17H12F2N2O5S/c18-17(19)27-15-10(2-1-5-20-15)16(24)26-7-12(22)9-3-4-13-11(6-9)21-14(23)8-25-13/h1-6,17H,7-8H2,(H,21,23). The highest BCUT2D eigenvalue weighted by molar-refractivity contribution is 7.99. The molecule has 1 aliphatic heterocycles. The number of esters is 1. The predicted molar refractivity (Wildman–Crippen MR) is 91.3 cm³/mol. The molecule has 27 heavy (non-hydrogen) atoms. The van der Waals surface area contributed by atoms with E-state index in [-0.39, 0.29) is 40.4 Å². The molecule has 0 bridgehead atoms. The summed E-state index contributed by atoms with van der Waals surface area (Å²) in [5, 5.41) is 2.38. The molecule has 0 fully saturated rings. The van der Waals surface area contributed by atoms with Crippen molar-refractivity contribution in [2.24, 2.45) is 0 Å². The van der Waals surface area contributed by atoms with E-state index in [0.717, 1.165) is 0 Å². The lowest BCUT2D eigenvalue weighted by Crippen LogP contribution is -2.25. The van der Waals surface area contributed by atoms with Gasteiger partial charge in [-0.05, 0) is 42.1 Å². The zero-order valence-electron chi connectivity index (χ0n) is 13.6. The highest BCUT2D eigenvalue weighted by Crippen LogP contribution is 2.29. The van der Waals surface area contributed by atoms with Crippen LogP contribution < -0.4 is 10.1 Å². The van der Waals surface area contributed by atoms with E-state index in [0.29, 0.717) is 11.4 Å². The van der Waals surface area contributed by atoms with Gasteiger partial charge in [-0.3, -0.25) is 9.59 Å². The maximum atomic E-state index is 12.5. The van der Waals surface area contributed by atoms with Gasteiger partial charge in [0.25, 0.3) is 11.7 Å². The number of aromatic nitrogens is 1. The zero-order chi connectivity index (χ0) is 19.4. The molecule has 0 spiro atoms. The Labute approximate surface area is 156 Å². The number of benzene rings is 1. The molecule has 1 aromatic heterocycles. The van der Waals surface area contributed by atoms with Crippen LogP contribution in [0, 0.1) is 0 Å². The number of hydrogen-bond acceptors (Lipinski definition) is 7. The topological polar surface area (TPSA) is 94.6 Å². The first-order chi connectivity index (χ1) is 12.9. The van der Waals surface area contributed by atoms with Crippen LogP contribution in [0.4, 0.5) is 14.5 Å². The van der Waals surface area contributed by atoms with Crippen LogP contribution in [0.2, 0.25) is 0 Å². The summed E-state index contributed by atoms with van der Waals surface area (Å²) in [6, 6.07) is 7.08. The number of halogens is 2. The first-order valence-corrected chi connectivity index (χ1v) is 8.49. The van der Waals surface area contributed by atoms with Crippen molar-refractivity contribution in [3.05, 3.63) is 47.7 Å². The SMILES string of the molecule is O=C1COc2ccc(C(=O)COC(=O)c3cccnc3SC(F)F)cc2N1. The molecule has 2 aromatic rings. The monoisotopic (exact) mass is 394 g/mol. The van der Waals surface area contributed by atoms with Crippen LogP contribution in [0.3, 0.4) is 0 Å². The number of fused-ring (bicyclic) bond motifs is 1. The minimum Gasteiger partial charge on any atom is -0.482 e. The first-order valence-electron chi connectivity index (χ1n) is 7.61. The highest BCUT2D eigenvalue weighted by atomic mass is 32.2. The van der Waals surface area contributed by atoms with E-state index in [1.54, 1.807) is 0 Å². The molecule has 10 heteroatoms. The molecule has 0 saturated heterocycles. The van der Waals surface area contributed by atoms with E-state index in [4.69, 9.17) is 9.47 Å². The number of hydrogen-bond donors (Lipinski definition) is 1. The molecule has 1 aliphatic rings. The molecule has 1 aromatic carbocycles. The van der Waals surface area contributed by atoms with Crippen LogP contribution >= 0.6 is 11.8 Å². The van der Waals surface area contributed by atoms with Gasteiger partial charge in [-0.1, -0.05) is 0 Å². The van der Waals surface area contributed by atoms with Crippen LogP contribution in [0.5, 0.6) is 5.75 Å². The Balaban J connectivity index is 1.67. The van der Waals surface area contributed by atoms with Gasteiger partial charge in [0, 0.05) is 11.8 Å². The van der Waals surface area contributed by atoms with E-state index < -0.39 is 24.1 Å². The van der Waals surface area contributed by atoms with Crippen LogP contribution in [0.1, 0.15) is 20.7 Å². The fourth-order valence-corrected chi connectivity index (χ4v) is 2.84. The number of ketones is 1. The fraction of sp³-hybridized carbons (Fsp3) is 0.176. The molecule has 0 saturated carbocycles. The summed E-state index contributed by atoms with van der Waals surface area (Å²) >= 11 is 0.115. The molecule has 0 atom stereocenters. The highest BCUT2D eigenvalue weighted by Gasteiger charge is 2.21. The summed E-state index contributed by atoms with van der Waals surface area (Å²) in [5.74, 6) is -4.14. The maximum absolute atomic E-state index is 12.5. The molecule has 7 nitrogen and oxygen atoms in total. The normalized spacial score (nSPS) is 12.8. The molecule has 2 heterocycles. The minimum atomic E-state index is -2.75. The summed E-state index contributed by atoms with van der Waals surface area (Å²) in [5.41, 5.74) is 0.383. The Kier molecular flexibility index (Phi) is 5.65. The van der Waals surface area contributed by atoms with Crippen molar-refractivity contribution in [2.45, 2.75) is 10.8 Å². The van der Waals surface area contributed by atoms with Crippen LogP contribution in [-0.2, 0) is 9.53 Å². The van der Waals surface area contributed by atoms with Gasteiger partial charge < -0.3 is 14.8 Å². The second-order valence-corrected chi connectivity index (χ2v) is 6.26. The Morgan fingerprint density at radius 3 is 2.93 bits per heavy atom. The second-order valence-electron chi connectivity index (χ2n) is 5.28. The molecular formula is C17H12F2N2O5S. The number of nitrogens with one attached hydrogen (secondary N) is 1. The lowest BCUT2D eigenvalue weighted by Gasteiger charge is -2.18. The molecular weight excluding hydrogens is 382 g/mol. The number of Topliss-reactive ketones (excluding diaryl/α,β-unsaturated/α-hetero) is 1. The van der Waals surface area contributed by atoms with Crippen molar-refractivity contribution >= 4 is 35.1 Å². The van der Waals surface area contributed by atoms with Crippen molar-refractivity contribution in [1.29, 1.82) is 0 Å². The third-order valence-electron chi connectivity index (χ3n) is 3.46. The number of carbonyl (C=O) groups is 3. The Bertz CT molecular complexity index is 907. The summed E-state index contributed by atoms with van der Waals surface area (Å²) < 4.78 is 35.2.